The number of piperidine rings is 1. The van der Waals surface area contributed by atoms with Crippen LogP contribution in [0, 0.1) is 62.2 Å². The summed E-state index contributed by atoms with van der Waals surface area (Å²) in [5.74, 6) is -14.6. The molecule has 68 heteroatoms. The van der Waals surface area contributed by atoms with E-state index in [0.717, 1.165) is 37.3 Å². The van der Waals surface area contributed by atoms with E-state index in [9.17, 15) is 125 Å². The number of rotatable bonds is 54. The van der Waals surface area contributed by atoms with Crippen molar-refractivity contribution in [1.29, 1.82) is 0 Å². The number of aliphatic carboxylic acids is 2. The minimum absolute atomic E-state index is 0. The number of amides is 4. The first-order valence-corrected chi connectivity index (χ1v) is 54.3. The number of hydrogen-bond acceptors (Lipinski definition) is 48. The Kier molecular flexibility index (Phi) is 69.3. The zero-order valence-electron chi connectivity index (χ0n) is 87.3. The Morgan fingerprint density at radius 2 is 0.859 bits per heavy atom. The number of nitrogens with one attached hydrogen (secondary N) is 4. The smallest absolute Gasteiger partial charge is 0.726 e. The summed E-state index contributed by atoms with van der Waals surface area (Å²) in [7, 11) is -38.2. The number of methoxy groups -OCH3 is 1. The van der Waals surface area contributed by atoms with Gasteiger partial charge < -0.3 is 134 Å². The van der Waals surface area contributed by atoms with Crippen LogP contribution in [0.3, 0.4) is 0 Å². The largest absolute Gasteiger partial charge is 1.00 e. The molecule has 2 aromatic carbocycles. The van der Waals surface area contributed by atoms with Crippen molar-refractivity contribution in [2.24, 2.45) is 41.4 Å². The van der Waals surface area contributed by atoms with Crippen LogP contribution in [-0.2, 0) is 194 Å². The van der Waals surface area contributed by atoms with E-state index in [-0.39, 0.29) is 332 Å². The van der Waals surface area contributed by atoms with Gasteiger partial charge in [0.2, 0.25) is 96.0 Å². The molecule has 6 aliphatic rings. The van der Waals surface area contributed by atoms with Crippen molar-refractivity contribution in [3.05, 3.63) is 58.1 Å². The Morgan fingerprint density at radius 1 is 0.443 bits per heavy atom. The van der Waals surface area contributed by atoms with Gasteiger partial charge in [-0.2, -0.15) is 4.72 Å². The van der Waals surface area contributed by atoms with Crippen LogP contribution in [0.25, 0.3) is 0 Å². The number of carbonyl (C=O) groups excluding carboxylic acids is 6. The average molecular weight is 2340 g/mol. The van der Waals surface area contributed by atoms with Crippen LogP contribution in [0.4, 0.5) is 0 Å². The summed E-state index contributed by atoms with van der Waals surface area (Å²) >= 11 is 0. The molecule has 0 aromatic heterocycles. The van der Waals surface area contributed by atoms with E-state index in [1.165, 1.54) is 48.7 Å². The van der Waals surface area contributed by atoms with Gasteiger partial charge in [0, 0.05) is 62.7 Å². The van der Waals surface area contributed by atoms with E-state index >= 15 is 0 Å². The van der Waals surface area contributed by atoms with Crippen molar-refractivity contribution in [2.45, 2.75) is 268 Å². The second-order valence-corrected chi connectivity index (χ2v) is 43.1. The van der Waals surface area contributed by atoms with Gasteiger partial charge in [-0.25, -0.2) is 58.9 Å². The molecule has 8 rings (SSSR count). The number of carboxylic acids is 2. The summed E-state index contributed by atoms with van der Waals surface area (Å²) < 4.78 is 359. The van der Waals surface area contributed by atoms with Crippen molar-refractivity contribution in [3.63, 3.8) is 0 Å². The fraction of sp³-hybridized carbons (Fsp3) is 0.778. The molecule has 149 heavy (non-hydrogen) atoms. The van der Waals surface area contributed by atoms with Crippen LogP contribution in [0.5, 0.6) is 5.75 Å². The van der Waals surface area contributed by atoms with Gasteiger partial charge in [0.05, 0.1) is 127 Å². The average Bonchev–Trinajstić information content (AvgIpc) is 0.747. The van der Waals surface area contributed by atoms with Crippen molar-refractivity contribution in [3.8, 4) is 5.75 Å². The first-order valence-electron chi connectivity index (χ1n) is 44.8. The fourth-order valence-corrected chi connectivity index (χ4v) is 21.3. The second kappa shape index (κ2) is 68.6. The third kappa shape index (κ3) is 48.0. The maximum absolute atomic E-state index is 14.5. The molecule has 0 aliphatic carbocycles. The monoisotopic (exact) mass is 2340 g/mol. The molecule has 6 aliphatic heterocycles. The predicted molar refractivity (Wildman–Crippen MR) is 463 cm³/mol. The maximum atomic E-state index is 14.5. The molecule has 6 fully saturated rings. The Morgan fingerprint density at radius 3 is 1.33 bits per heavy atom. The number of likely N-dealkylation sites (tertiary alicyclic amines) is 1. The molecule has 0 saturated carbocycles. The fourth-order valence-electron chi connectivity index (χ4n) is 17.1. The Labute approximate surface area is 1050 Å². The molecule has 4 N–H and O–H groups in total. The zero-order chi connectivity index (χ0) is 105. The van der Waals surface area contributed by atoms with Gasteiger partial charge in [0.25, 0.3) is 0 Å². The summed E-state index contributed by atoms with van der Waals surface area (Å²) in [6, 6.07) is 6.34. The number of sulfonamides is 1. The van der Waals surface area contributed by atoms with Crippen molar-refractivity contribution >= 4 is 108 Å². The summed E-state index contributed by atoms with van der Waals surface area (Å²) in [5, 5.41) is 34.6. The third-order valence-electron chi connectivity index (χ3n) is 25.0. The van der Waals surface area contributed by atoms with Crippen LogP contribution < -0.4 is 272 Å². The summed E-state index contributed by atoms with van der Waals surface area (Å²) in [5.41, 5.74) is 3.00. The Balaban J connectivity index is 0.0000274. The van der Waals surface area contributed by atoms with Gasteiger partial charge in [0.15, 0.2) is 31.3 Å². The molecular formula is C81H121N5Na8O48S7. The molecule has 27 atom stereocenters. The number of ether oxygens (including phenoxy) is 14. The van der Waals surface area contributed by atoms with Gasteiger partial charge in [-0.15, -0.1) is 0 Å². The number of hydrogen-bond donors (Lipinski definition) is 4. The SMILES string of the molecule is COc1cc(C)c(S(=O)(=O)N[C@@H](CC(=O)NCCCC(=O)NCCOCCOCCOCCO[C@H]2[C@H](C)[C@@H](C)[C@@H](O[C@H]3[C@H](C)[C@@H](C)[C@H](O[C@H]4[C@H](OS(=O)(=O)[O-])[C@@H](OS(=O)(=O)[O-])[C@@H](O[C@H]5[C@H](C)[C@@H](C)[C@H](O[C@H]6[C@H](C)[C@@H](OS(=O)(=O)[O-])[C@@H](C)O[C@@H]6COS(=O)(=O)[O-])O[C@H]5C(=O)[O-])O[C@@H]4COS(=O)(=O)[O-])O[C@@H]3C(=O)[O-])O[C@@H]2COS(=O)(=O)[O-])C(=O)N[C@H](Cc2ccc(C(C)C)cc2)C(=O)N2CCCCC2)c(C)c1C.[Na+].[Na+].[Na+].[Na+].[Na+].[Na+].[Na+].[Na+]. The number of nitrogens with zero attached hydrogens (tertiary/aromatic N) is 1. The van der Waals surface area contributed by atoms with Gasteiger partial charge >= 0.3 is 236 Å². The van der Waals surface area contributed by atoms with E-state index in [1.54, 1.807) is 38.7 Å². The van der Waals surface area contributed by atoms with Crippen LogP contribution in [0.2, 0.25) is 0 Å². The first kappa shape index (κ1) is 151. The quantitative estimate of drug-likeness (QED) is 0.0207. The minimum Gasteiger partial charge on any atom is -0.726 e. The number of aryl methyl sites for hydroxylation is 1. The Hall–Kier alpha value is 1.67. The van der Waals surface area contributed by atoms with E-state index < -0.39 is 292 Å². The number of carboxylic acid groups (broad SMARTS) is 2. The van der Waals surface area contributed by atoms with Crippen LogP contribution >= 0.6 is 0 Å². The predicted octanol–water partition coefficient (Wildman–Crippen LogP) is -27.9. The summed E-state index contributed by atoms with van der Waals surface area (Å²) in [6.07, 6.45) is -36.4. The molecule has 0 radical (unpaired) electrons. The normalized spacial score (nSPS) is 28.4. The third-order valence-corrected chi connectivity index (χ3v) is 29.5. The van der Waals surface area contributed by atoms with Crippen LogP contribution in [0.1, 0.15) is 141 Å². The zero-order valence-corrected chi connectivity index (χ0v) is 109. The molecule has 6 saturated heterocycles. The van der Waals surface area contributed by atoms with E-state index in [2.05, 4.69) is 41.6 Å². The minimum atomic E-state index is -6.36. The van der Waals surface area contributed by atoms with E-state index in [4.69, 9.17) is 70.5 Å². The van der Waals surface area contributed by atoms with E-state index in [0.29, 0.717) is 35.5 Å². The molecule has 0 bridgehead atoms. The van der Waals surface area contributed by atoms with E-state index in [1.807, 2.05) is 38.1 Å². The topological polar surface area (TPSA) is 762 Å². The molecule has 53 nitrogen and oxygen atoms in total. The van der Waals surface area contributed by atoms with Gasteiger partial charge in [-0.1, -0.05) is 86.6 Å². The maximum Gasteiger partial charge on any atom is 1.00 e. The molecule has 6 heterocycles. The van der Waals surface area contributed by atoms with Gasteiger partial charge in [-0.3, -0.25) is 44.3 Å². The van der Waals surface area contributed by atoms with Crippen molar-refractivity contribution in [2.75, 3.05) is 99.4 Å². The molecule has 0 spiro atoms. The molecule has 808 valence electrons. The Bertz CT molecular complexity index is 5400. The number of benzene rings is 2. The van der Waals surface area contributed by atoms with Crippen molar-refractivity contribution in [1.82, 2.24) is 25.6 Å². The standard InChI is InChI=1S/C81H129N5O48S7.8Na/c1-41(2)54-22-20-53(21-23-54)36-56(75(90)86-26-16-15-17-27-86)84-74(89)55(85-135(95,96)73-42(3)35-57(115-14)43(4)47(73)8)37-62(88)82-24-18-19-61(87)83-25-28-116-29-30-117-31-32-118-33-34-119-64-44(5)48(9)78(124-58(64)38-120-136(97,98)99)127-66-45(6)50(11)80(131-70(66)76(91)92)129-68-60(40-122-138(103,104)105)125-81(72(134-141(112,113)114)69(68)133-140(109,110)111)128-67-46(7)49(10)79(130-71(67)77(93)94)126-65-51(12)63(132-139(106,107)108)52(13)123-59(65)39-121-137(100,101)102;;;;;;;;/h20-23,35,41,44-46,48-52,55-56,58-60,63-72,78-81,85H,15-19,24-34,36-40H2,1-14H3,(H,82,88)(H,83,87)(H,84,89)(H,91,92)(H,93,94)(H,97,98,99)(H,100,101,102)(H,103,104,105)(H,106,107,108)(H,109,110,111)(H,112,113,114);;;;;;;;/q;8*+1/p-8/t44-,45-,46-,48-,49-,50-,51-,52-,55+,56-,58-,59-,60-,63-,64+,65+,66+,67+,68-,69+,70+,71-,72-,78-,79-,80-,81-;;;;;;;;/m1......../s1. The summed E-state index contributed by atoms with van der Waals surface area (Å²) in [4.78, 5) is 83.2. The van der Waals surface area contributed by atoms with Crippen molar-refractivity contribution < 1.29 is 453 Å². The first-order chi connectivity index (χ1) is 65.6. The summed E-state index contributed by atoms with van der Waals surface area (Å²) in [6.45, 7) is 16.3. The molecule has 4 amide bonds. The van der Waals surface area contributed by atoms with Gasteiger partial charge in [-0.05, 0) is 111 Å². The molecular weight excluding hydrogens is 2220 g/mol. The molecule has 0 unspecified atom stereocenters. The second-order valence-electron chi connectivity index (χ2n) is 35.2. The van der Waals surface area contributed by atoms with Gasteiger partial charge in [0.1, 0.15) is 66.7 Å². The van der Waals surface area contributed by atoms with Crippen LogP contribution in [0.15, 0.2) is 35.2 Å². The molecule has 2 aromatic rings. The number of carbonyl (C=O) groups is 6. The van der Waals surface area contributed by atoms with Crippen LogP contribution in [-0.4, -0.2) is 349 Å².